The van der Waals surface area contributed by atoms with Crippen LogP contribution in [-0.4, -0.2) is 93.1 Å². The third kappa shape index (κ3) is 7.77. The van der Waals surface area contributed by atoms with Gasteiger partial charge >= 0.3 is 0 Å². The molecule has 4 aliphatic rings. The largest absolute Gasteiger partial charge is 0.474 e. The molecule has 0 spiro atoms. The topological polar surface area (TPSA) is 154 Å². The van der Waals surface area contributed by atoms with E-state index in [0.717, 1.165) is 17.5 Å². The first-order chi connectivity index (χ1) is 25.1. The number of aliphatic imine (C=N–C) groups is 2. The van der Waals surface area contributed by atoms with Crippen molar-refractivity contribution in [2.75, 3.05) is 12.3 Å². The van der Waals surface area contributed by atoms with Gasteiger partial charge in [0, 0.05) is 24.1 Å². The number of thioether (sulfide) groups is 1. The maximum Gasteiger partial charge on any atom is 0.271 e. The maximum absolute atomic E-state index is 14.4. The molecule has 7 atom stereocenters. The zero-order valence-electron chi connectivity index (χ0n) is 29.4. The van der Waals surface area contributed by atoms with Gasteiger partial charge in [0.05, 0.1) is 17.1 Å². The molecule has 4 aliphatic heterocycles. The summed E-state index contributed by atoms with van der Waals surface area (Å²) in [6.45, 7) is 6.25. The van der Waals surface area contributed by atoms with Crippen LogP contribution in [0, 0.1) is 5.92 Å². The van der Waals surface area contributed by atoms with Crippen molar-refractivity contribution < 1.29 is 23.9 Å². The zero-order valence-corrected chi connectivity index (χ0v) is 31.0. The first-order valence-corrected chi connectivity index (χ1v) is 19.7. The van der Waals surface area contributed by atoms with E-state index < -0.39 is 42.4 Å². The number of amides is 4. The normalized spacial score (nSPS) is 28.2. The average molecular weight is 742 g/mol. The van der Waals surface area contributed by atoms with Crippen LogP contribution in [0.1, 0.15) is 66.3 Å². The highest BCUT2D eigenvalue weighted by Crippen LogP contribution is 2.30. The Morgan fingerprint density at radius 3 is 2.27 bits per heavy atom. The molecule has 6 bridgehead atoms. The monoisotopic (exact) mass is 741 g/mol. The lowest BCUT2D eigenvalue weighted by molar-refractivity contribution is -0.136. The predicted octanol–water partition coefficient (Wildman–Crippen LogP) is 3.73. The number of thiazole rings is 1. The Bertz CT molecular complexity index is 1870. The quantitative estimate of drug-likeness (QED) is 0.360. The number of rotatable bonds is 5. The van der Waals surface area contributed by atoms with Crippen molar-refractivity contribution in [2.45, 2.75) is 88.8 Å². The molecule has 7 rings (SSSR count). The number of benzene rings is 2. The van der Waals surface area contributed by atoms with E-state index in [1.165, 1.54) is 23.1 Å². The number of carbonyl (C=O) groups excluding carboxylic acids is 4. The molecular weight excluding hydrogens is 699 g/mol. The predicted molar refractivity (Wildman–Crippen MR) is 201 cm³/mol. The number of aromatic nitrogens is 1. The molecule has 0 aliphatic carbocycles. The SMILES string of the molecule is CC(C)C1NC(=O)C2N=C(OC2C)C2CCCN2C(=O)C(Cc2ccccc2)NC(=O)C2CSC(=N2)C(Cc2ccccc2)NC(=O)c2csc1n2. The van der Waals surface area contributed by atoms with E-state index in [1.807, 2.05) is 74.5 Å². The number of ether oxygens (including phenoxy) is 1. The van der Waals surface area contributed by atoms with Crippen molar-refractivity contribution in [3.63, 3.8) is 0 Å². The molecule has 52 heavy (non-hydrogen) atoms. The molecule has 2 aromatic carbocycles. The van der Waals surface area contributed by atoms with Crippen LogP contribution in [-0.2, 0) is 32.0 Å². The van der Waals surface area contributed by atoms with Crippen LogP contribution in [0.5, 0.6) is 0 Å². The fraction of sp³-hybridized carbons (Fsp3) is 0.447. The Morgan fingerprint density at radius 1 is 0.885 bits per heavy atom. The minimum Gasteiger partial charge on any atom is -0.474 e. The van der Waals surface area contributed by atoms with Gasteiger partial charge in [-0.25, -0.2) is 9.98 Å². The number of hydrogen-bond donors (Lipinski definition) is 3. The minimum atomic E-state index is -0.863. The second kappa shape index (κ2) is 15.6. The third-order valence-electron chi connectivity index (χ3n) is 9.85. The minimum absolute atomic E-state index is 0.0322. The molecule has 1 saturated heterocycles. The van der Waals surface area contributed by atoms with E-state index in [2.05, 4.69) is 16.0 Å². The van der Waals surface area contributed by atoms with E-state index >= 15 is 0 Å². The molecular formula is C38H43N7O5S2. The second-order valence-corrected chi connectivity index (χ2v) is 15.9. The van der Waals surface area contributed by atoms with Crippen molar-refractivity contribution >= 4 is 57.7 Å². The smallest absolute Gasteiger partial charge is 0.271 e. The van der Waals surface area contributed by atoms with Crippen molar-refractivity contribution in [2.24, 2.45) is 15.9 Å². The van der Waals surface area contributed by atoms with Crippen molar-refractivity contribution in [3.8, 4) is 0 Å². The molecule has 14 heteroatoms. The Labute approximate surface area is 311 Å². The Hall–Kier alpha value is -4.56. The number of nitrogens with one attached hydrogen (secondary N) is 3. The van der Waals surface area contributed by atoms with Gasteiger partial charge in [-0.2, -0.15) is 0 Å². The Balaban J connectivity index is 1.25. The van der Waals surface area contributed by atoms with Crippen LogP contribution in [0.4, 0.5) is 0 Å². The van der Waals surface area contributed by atoms with Crippen LogP contribution in [0.3, 0.4) is 0 Å². The van der Waals surface area contributed by atoms with E-state index in [9.17, 15) is 19.2 Å². The van der Waals surface area contributed by atoms with E-state index in [0.29, 0.717) is 47.5 Å². The first-order valence-electron chi connectivity index (χ1n) is 17.8. The van der Waals surface area contributed by atoms with Gasteiger partial charge in [0.25, 0.3) is 5.91 Å². The molecule has 3 aromatic rings. The van der Waals surface area contributed by atoms with Crippen LogP contribution < -0.4 is 16.0 Å². The summed E-state index contributed by atoms with van der Waals surface area (Å²) in [5, 5.41) is 12.2. The number of fused-ring (bicyclic) bond motifs is 6. The summed E-state index contributed by atoms with van der Waals surface area (Å²) in [6.07, 6.45) is 1.57. The third-order valence-corrected chi connectivity index (χ3v) is 11.9. The zero-order chi connectivity index (χ0) is 36.4. The average Bonchev–Trinajstić information content (AvgIpc) is 3.97. The van der Waals surface area contributed by atoms with Gasteiger partial charge in [-0.3, -0.25) is 24.2 Å². The van der Waals surface area contributed by atoms with Crippen molar-refractivity contribution in [1.82, 2.24) is 25.8 Å². The summed E-state index contributed by atoms with van der Waals surface area (Å²) in [5.41, 5.74) is 2.14. The Kier molecular flexibility index (Phi) is 10.7. The molecule has 1 aromatic heterocycles. The highest BCUT2D eigenvalue weighted by atomic mass is 32.2. The van der Waals surface area contributed by atoms with Gasteiger partial charge < -0.3 is 25.6 Å². The lowest BCUT2D eigenvalue weighted by atomic mass is 10.0. The first kappa shape index (κ1) is 35.8. The molecule has 12 nitrogen and oxygen atoms in total. The summed E-state index contributed by atoms with van der Waals surface area (Å²) < 4.78 is 6.20. The van der Waals surface area contributed by atoms with Gasteiger partial charge in [0.1, 0.15) is 34.9 Å². The molecule has 7 unspecified atom stereocenters. The van der Waals surface area contributed by atoms with Crippen LogP contribution in [0.25, 0.3) is 0 Å². The number of carbonyl (C=O) groups is 4. The van der Waals surface area contributed by atoms with Crippen LogP contribution >= 0.6 is 23.1 Å². The molecule has 3 N–H and O–H groups in total. The maximum atomic E-state index is 14.4. The van der Waals surface area contributed by atoms with E-state index in [-0.39, 0.29) is 35.2 Å². The van der Waals surface area contributed by atoms with Crippen molar-refractivity contribution in [3.05, 3.63) is 87.9 Å². The van der Waals surface area contributed by atoms with Gasteiger partial charge in [-0.1, -0.05) is 74.5 Å². The highest BCUT2D eigenvalue weighted by Gasteiger charge is 2.44. The number of nitrogens with zero attached hydrogens (tertiary/aromatic N) is 4. The second-order valence-electron chi connectivity index (χ2n) is 14.0. The fourth-order valence-electron chi connectivity index (χ4n) is 7.06. The molecule has 5 heterocycles. The Morgan fingerprint density at radius 2 is 1.58 bits per heavy atom. The molecule has 1 fully saturated rings. The van der Waals surface area contributed by atoms with Crippen LogP contribution in [0.2, 0.25) is 0 Å². The summed E-state index contributed by atoms with van der Waals surface area (Å²) in [5.74, 6) is -0.577. The molecule has 0 radical (unpaired) electrons. The summed E-state index contributed by atoms with van der Waals surface area (Å²) in [6, 6.07) is 15.5. The summed E-state index contributed by atoms with van der Waals surface area (Å²) in [4.78, 5) is 71.9. The lowest BCUT2D eigenvalue weighted by Crippen LogP contribution is -2.54. The molecule has 4 amide bonds. The standard InChI is InChI=1S/C38H43N7O5S2/c1-21(2)30-37-42-28(20-52-37)32(46)39-25(17-23-11-6-4-7-12-23)36-41-27(19-51-36)33(47)40-26(18-24-13-8-5-9-14-24)38(49)45-16-10-15-29(45)35-44-31(22(3)50-35)34(48)43-30/h4-9,11-14,20-22,25-27,29-31H,10,15-19H2,1-3H3,(H,39,46)(H,40,47)(H,43,48). The van der Waals surface area contributed by atoms with Gasteiger partial charge in [0.15, 0.2) is 6.04 Å². The van der Waals surface area contributed by atoms with Crippen LogP contribution in [0.15, 0.2) is 76.0 Å². The molecule has 0 saturated carbocycles. The van der Waals surface area contributed by atoms with Crippen molar-refractivity contribution in [1.29, 1.82) is 0 Å². The van der Waals surface area contributed by atoms with Gasteiger partial charge in [0.2, 0.25) is 23.6 Å². The summed E-state index contributed by atoms with van der Waals surface area (Å²) in [7, 11) is 0. The highest BCUT2D eigenvalue weighted by molar-refractivity contribution is 8.14. The number of hydrogen-bond acceptors (Lipinski definition) is 10. The fourth-order valence-corrected chi connectivity index (χ4v) is 9.18. The van der Waals surface area contributed by atoms with E-state index in [4.69, 9.17) is 19.7 Å². The van der Waals surface area contributed by atoms with E-state index in [1.54, 1.807) is 17.2 Å². The lowest BCUT2D eigenvalue weighted by Gasteiger charge is -2.29. The molecule has 272 valence electrons. The van der Waals surface area contributed by atoms with Gasteiger partial charge in [-0.15, -0.1) is 23.1 Å². The van der Waals surface area contributed by atoms with Gasteiger partial charge in [-0.05, 0) is 43.2 Å². The summed E-state index contributed by atoms with van der Waals surface area (Å²) >= 11 is 2.74.